The SMILES string of the molecule is O=C(OCc1cccc(Br)c1)c1cc(I)c(OCc2cccc(Br)c2)c(I)c1. The molecular formula is C21H14Br2I2O3. The van der Waals surface area contributed by atoms with Crippen molar-refractivity contribution in [2.45, 2.75) is 13.2 Å². The molecule has 0 unspecified atom stereocenters. The molecule has 144 valence electrons. The lowest BCUT2D eigenvalue weighted by Gasteiger charge is -2.13. The second-order valence-corrected chi connectivity index (χ2v) is 10.0. The molecule has 3 nitrogen and oxygen atoms in total. The van der Waals surface area contributed by atoms with Crippen molar-refractivity contribution in [1.29, 1.82) is 0 Å². The van der Waals surface area contributed by atoms with Gasteiger partial charge in [-0.3, -0.25) is 0 Å². The van der Waals surface area contributed by atoms with Crippen molar-refractivity contribution in [2.24, 2.45) is 0 Å². The number of ether oxygens (including phenoxy) is 2. The number of hydrogen-bond donors (Lipinski definition) is 0. The summed E-state index contributed by atoms with van der Waals surface area (Å²) in [5.41, 5.74) is 2.51. The van der Waals surface area contributed by atoms with E-state index in [1.165, 1.54) is 0 Å². The summed E-state index contributed by atoms with van der Waals surface area (Å²) in [6.45, 7) is 0.685. The first-order valence-electron chi connectivity index (χ1n) is 8.20. The monoisotopic (exact) mass is 726 g/mol. The fourth-order valence-corrected chi connectivity index (χ4v) is 5.43. The molecule has 7 heteroatoms. The van der Waals surface area contributed by atoms with Gasteiger partial charge < -0.3 is 9.47 Å². The van der Waals surface area contributed by atoms with Crippen LogP contribution < -0.4 is 4.74 Å². The van der Waals surface area contributed by atoms with Crippen molar-refractivity contribution < 1.29 is 14.3 Å². The van der Waals surface area contributed by atoms with E-state index in [0.717, 1.165) is 33.0 Å². The van der Waals surface area contributed by atoms with Gasteiger partial charge >= 0.3 is 5.97 Å². The van der Waals surface area contributed by atoms with Crippen molar-refractivity contribution in [2.75, 3.05) is 0 Å². The van der Waals surface area contributed by atoms with Crippen molar-refractivity contribution in [3.05, 3.63) is 93.4 Å². The Kier molecular flexibility index (Phi) is 8.19. The summed E-state index contributed by atoms with van der Waals surface area (Å²) in [6.07, 6.45) is 0. The van der Waals surface area contributed by atoms with Crippen LogP contribution in [0.25, 0.3) is 0 Å². The minimum Gasteiger partial charge on any atom is -0.487 e. The zero-order chi connectivity index (χ0) is 20.1. The molecule has 3 aromatic carbocycles. The molecule has 0 atom stereocenters. The van der Waals surface area contributed by atoms with Crippen LogP contribution >= 0.6 is 77.0 Å². The highest BCUT2D eigenvalue weighted by Crippen LogP contribution is 2.30. The summed E-state index contributed by atoms with van der Waals surface area (Å²) < 4.78 is 15.2. The summed E-state index contributed by atoms with van der Waals surface area (Å²) in [4.78, 5) is 12.4. The van der Waals surface area contributed by atoms with Gasteiger partial charge in [-0.05, 0) is 92.7 Å². The van der Waals surface area contributed by atoms with Crippen LogP contribution in [0.1, 0.15) is 21.5 Å². The number of carbonyl (C=O) groups is 1. The van der Waals surface area contributed by atoms with Crippen molar-refractivity contribution in [1.82, 2.24) is 0 Å². The normalized spacial score (nSPS) is 10.6. The van der Waals surface area contributed by atoms with E-state index in [4.69, 9.17) is 9.47 Å². The molecule has 0 heterocycles. The number of halogens is 4. The minimum atomic E-state index is -0.352. The van der Waals surface area contributed by atoms with Gasteiger partial charge in [0.05, 0.1) is 12.7 Å². The van der Waals surface area contributed by atoms with Crippen LogP contribution in [0.3, 0.4) is 0 Å². The standard InChI is InChI=1S/C21H14Br2I2O3/c22-16-5-1-3-13(7-16)11-27-20-18(24)9-15(10-19(20)25)21(26)28-12-14-4-2-6-17(23)8-14/h1-10H,11-12H2. The highest BCUT2D eigenvalue weighted by molar-refractivity contribution is 14.1. The van der Waals surface area contributed by atoms with Gasteiger partial charge in [0.1, 0.15) is 19.0 Å². The van der Waals surface area contributed by atoms with E-state index in [9.17, 15) is 4.79 Å². The Bertz CT molecular complexity index is 985. The Morgan fingerprint density at radius 1 is 0.821 bits per heavy atom. The molecule has 0 aliphatic heterocycles. The number of benzene rings is 3. The molecule has 0 saturated carbocycles. The molecular weight excluding hydrogens is 714 g/mol. The van der Waals surface area contributed by atoms with Gasteiger partial charge in [0.2, 0.25) is 0 Å². The van der Waals surface area contributed by atoms with Gasteiger partial charge in [-0.1, -0.05) is 56.1 Å². The lowest BCUT2D eigenvalue weighted by molar-refractivity contribution is 0.0472. The van der Waals surface area contributed by atoms with Gasteiger partial charge in [0, 0.05) is 8.95 Å². The number of esters is 1. The van der Waals surface area contributed by atoms with E-state index in [0.29, 0.717) is 12.2 Å². The third-order valence-electron chi connectivity index (χ3n) is 3.77. The van der Waals surface area contributed by atoms with Crippen molar-refractivity contribution in [3.8, 4) is 5.75 Å². The Morgan fingerprint density at radius 2 is 1.36 bits per heavy atom. The quantitative estimate of drug-likeness (QED) is 0.197. The summed E-state index contributed by atoms with van der Waals surface area (Å²) in [5.74, 6) is 0.416. The van der Waals surface area contributed by atoms with E-state index in [2.05, 4.69) is 77.0 Å². The largest absolute Gasteiger partial charge is 0.487 e. The second kappa shape index (κ2) is 10.4. The molecule has 0 bridgehead atoms. The molecule has 0 aliphatic carbocycles. The highest BCUT2D eigenvalue weighted by atomic mass is 127. The third kappa shape index (κ3) is 6.17. The van der Waals surface area contributed by atoms with Crippen LogP contribution in [0.2, 0.25) is 0 Å². The van der Waals surface area contributed by atoms with Crippen LogP contribution in [0.5, 0.6) is 5.75 Å². The molecule has 0 aliphatic rings. The maximum Gasteiger partial charge on any atom is 0.338 e. The van der Waals surface area contributed by atoms with Crippen molar-refractivity contribution >= 4 is 83.0 Å². The molecule has 3 aromatic rings. The number of carbonyl (C=O) groups excluding carboxylic acids is 1. The maximum atomic E-state index is 12.4. The van der Waals surface area contributed by atoms with Gasteiger partial charge in [-0.2, -0.15) is 0 Å². The molecule has 0 N–H and O–H groups in total. The summed E-state index contributed by atoms with van der Waals surface area (Å²) >= 11 is 11.3. The maximum absolute atomic E-state index is 12.4. The van der Waals surface area contributed by atoms with Gasteiger partial charge in [-0.15, -0.1) is 0 Å². The smallest absolute Gasteiger partial charge is 0.338 e. The van der Waals surface area contributed by atoms with E-state index in [-0.39, 0.29) is 12.6 Å². The third-order valence-corrected chi connectivity index (χ3v) is 6.35. The molecule has 0 aromatic heterocycles. The van der Waals surface area contributed by atoms with Crippen molar-refractivity contribution in [3.63, 3.8) is 0 Å². The van der Waals surface area contributed by atoms with Crippen LogP contribution in [0, 0.1) is 7.14 Å². The lowest BCUT2D eigenvalue weighted by Crippen LogP contribution is -2.07. The predicted octanol–water partition coefficient (Wildman–Crippen LogP) is 7.36. The topological polar surface area (TPSA) is 35.5 Å². The van der Waals surface area contributed by atoms with E-state index >= 15 is 0 Å². The lowest BCUT2D eigenvalue weighted by atomic mass is 10.2. The average Bonchev–Trinajstić information content (AvgIpc) is 2.65. The van der Waals surface area contributed by atoms with Crippen LogP contribution in [-0.4, -0.2) is 5.97 Å². The van der Waals surface area contributed by atoms with E-state index < -0.39 is 0 Å². The number of hydrogen-bond acceptors (Lipinski definition) is 3. The van der Waals surface area contributed by atoms with E-state index in [1.54, 1.807) is 12.1 Å². The molecule has 0 fully saturated rings. The Balaban J connectivity index is 1.67. The first-order chi connectivity index (χ1) is 13.4. The van der Waals surface area contributed by atoms with E-state index in [1.807, 2.05) is 48.5 Å². The molecule has 0 radical (unpaired) electrons. The fraction of sp³-hybridized carbons (Fsp3) is 0.0952. The average molecular weight is 728 g/mol. The van der Waals surface area contributed by atoms with Crippen LogP contribution in [-0.2, 0) is 18.0 Å². The van der Waals surface area contributed by atoms with Crippen LogP contribution in [0.15, 0.2) is 69.6 Å². The van der Waals surface area contributed by atoms with Gasteiger partial charge in [0.15, 0.2) is 0 Å². The highest BCUT2D eigenvalue weighted by Gasteiger charge is 2.15. The zero-order valence-electron chi connectivity index (χ0n) is 14.4. The predicted molar refractivity (Wildman–Crippen MR) is 134 cm³/mol. The molecule has 0 saturated heterocycles. The molecule has 0 spiro atoms. The Hall–Kier alpha value is -0.650. The fourth-order valence-electron chi connectivity index (χ4n) is 2.46. The summed E-state index contributed by atoms with van der Waals surface area (Å²) in [6, 6.07) is 19.3. The van der Waals surface area contributed by atoms with Crippen LogP contribution in [0.4, 0.5) is 0 Å². The number of rotatable bonds is 6. The zero-order valence-corrected chi connectivity index (χ0v) is 21.9. The summed E-state index contributed by atoms with van der Waals surface area (Å²) in [5, 5.41) is 0. The Morgan fingerprint density at radius 3 is 1.89 bits per heavy atom. The van der Waals surface area contributed by atoms with Gasteiger partial charge in [0.25, 0.3) is 0 Å². The summed E-state index contributed by atoms with van der Waals surface area (Å²) in [7, 11) is 0. The first-order valence-corrected chi connectivity index (χ1v) is 11.9. The first kappa shape index (κ1) is 22.0. The molecule has 0 amide bonds. The molecule has 28 heavy (non-hydrogen) atoms. The minimum absolute atomic E-state index is 0.229. The van der Waals surface area contributed by atoms with Gasteiger partial charge in [-0.25, -0.2) is 4.79 Å². The second-order valence-electron chi connectivity index (χ2n) is 5.89. The Labute approximate surface area is 207 Å². The molecule has 3 rings (SSSR count).